The summed E-state index contributed by atoms with van der Waals surface area (Å²) in [6.07, 6.45) is 4.99. The van der Waals surface area contributed by atoms with Crippen molar-refractivity contribution >= 4 is 0 Å². The van der Waals surface area contributed by atoms with Gasteiger partial charge < -0.3 is 5.73 Å². The maximum absolute atomic E-state index is 5.67. The number of rotatable bonds is 5. The minimum Gasteiger partial charge on any atom is -0.330 e. The maximum atomic E-state index is 5.67. The predicted octanol–water partition coefficient (Wildman–Crippen LogP) is 3.99. The van der Waals surface area contributed by atoms with E-state index >= 15 is 0 Å². The smallest absolute Gasteiger partial charge is 0.0645 e. The molecule has 0 aliphatic carbocycles. The van der Waals surface area contributed by atoms with Crippen molar-refractivity contribution in [3.63, 3.8) is 0 Å². The van der Waals surface area contributed by atoms with Gasteiger partial charge in [-0.2, -0.15) is 5.10 Å². The standard InChI is InChI=1S/C19H21N3/c1-15(10-11-20)16-6-5-7-17(12-16)18-13-21-22(14-18)19-8-3-2-4-9-19/h2-9,12-15H,10-11,20H2,1H3. The van der Waals surface area contributed by atoms with Gasteiger partial charge in [0.25, 0.3) is 0 Å². The number of nitrogens with two attached hydrogens (primary N) is 1. The van der Waals surface area contributed by atoms with Gasteiger partial charge in [0.1, 0.15) is 0 Å². The molecule has 2 N–H and O–H groups in total. The molecule has 3 aromatic rings. The SMILES string of the molecule is CC(CCN)c1cccc(-c2cnn(-c3ccccc3)c2)c1. The number of nitrogens with zero attached hydrogens (tertiary/aromatic N) is 2. The molecule has 1 aromatic heterocycles. The molecule has 1 heterocycles. The Hall–Kier alpha value is -2.39. The maximum Gasteiger partial charge on any atom is 0.0645 e. The van der Waals surface area contributed by atoms with Crippen molar-refractivity contribution in [3.05, 3.63) is 72.6 Å². The zero-order valence-corrected chi connectivity index (χ0v) is 12.8. The van der Waals surface area contributed by atoms with Gasteiger partial charge in [0.05, 0.1) is 11.9 Å². The van der Waals surface area contributed by atoms with Crippen molar-refractivity contribution in [1.29, 1.82) is 0 Å². The lowest BCUT2D eigenvalue weighted by molar-refractivity contribution is 0.690. The van der Waals surface area contributed by atoms with Crippen molar-refractivity contribution in [3.8, 4) is 16.8 Å². The summed E-state index contributed by atoms with van der Waals surface area (Å²) in [5.41, 5.74) is 10.4. The monoisotopic (exact) mass is 291 g/mol. The molecule has 0 aliphatic rings. The van der Waals surface area contributed by atoms with Crippen molar-refractivity contribution < 1.29 is 0 Å². The van der Waals surface area contributed by atoms with Gasteiger partial charge >= 0.3 is 0 Å². The number of para-hydroxylation sites is 1. The van der Waals surface area contributed by atoms with E-state index in [0.717, 1.165) is 24.2 Å². The van der Waals surface area contributed by atoms with Crippen molar-refractivity contribution in [2.75, 3.05) is 6.54 Å². The predicted molar refractivity (Wildman–Crippen MR) is 91.1 cm³/mol. The van der Waals surface area contributed by atoms with Gasteiger partial charge in [-0.05, 0) is 42.1 Å². The highest BCUT2D eigenvalue weighted by molar-refractivity contribution is 5.63. The van der Waals surface area contributed by atoms with E-state index in [2.05, 4.69) is 54.6 Å². The summed E-state index contributed by atoms with van der Waals surface area (Å²) in [7, 11) is 0. The molecule has 1 unspecified atom stereocenters. The second-order valence-electron chi connectivity index (χ2n) is 5.61. The first-order valence-electron chi connectivity index (χ1n) is 7.68. The Balaban J connectivity index is 1.89. The van der Waals surface area contributed by atoms with Crippen LogP contribution in [0.1, 0.15) is 24.8 Å². The molecule has 0 aliphatic heterocycles. The Kier molecular flexibility index (Phi) is 4.35. The summed E-state index contributed by atoms with van der Waals surface area (Å²) in [6, 6.07) is 18.8. The molecule has 112 valence electrons. The molecule has 0 radical (unpaired) electrons. The van der Waals surface area contributed by atoms with Gasteiger partial charge in [0.15, 0.2) is 0 Å². The first kappa shape index (κ1) is 14.5. The Morgan fingerprint density at radius 3 is 2.64 bits per heavy atom. The number of hydrogen-bond acceptors (Lipinski definition) is 2. The van der Waals surface area contributed by atoms with E-state index in [-0.39, 0.29) is 0 Å². The fraction of sp³-hybridized carbons (Fsp3) is 0.211. The van der Waals surface area contributed by atoms with E-state index in [4.69, 9.17) is 5.73 Å². The lowest BCUT2D eigenvalue weighted by Gasteiger charge is -2.11. The number of benzene rings is 2. The normalized spacial score (nSPS) is 12.3. The van der Waals surface area contributed by atoms with Crippen LogP contribution >= 0.6 is 0 Å². The van der Waals surface area contributed by atoms with Gasteiger partial charge in [-0.25, -0.2) is 4.68 Å². The van der Waals surface area contributed by atoms with Crippen LogP contribution in [0.3, 0.4) is 0 Å². The molecule has 1 atom stereocenters. The van der Waals surface area contributed by atoms with E-state index in [1.165, 1.54) is 11.1 Å². The summed E-state index contributed by atoms with van der Waals surface area (Å²) < 4.78 is 1.91. The molecule has 0 bridgehead atoms. The van der Waals surface area contributed by atoms with Crippen molar-refractivity contribution in [2.24, 2.45) is 5.73 Å². The van der Waals surface area contributed by atoms with E-state index < -0.39 is 0 Å². The summed E-state index contributed by atoms with van der Waals surface area (Å²) in [6.45, 7) is 2.94. The van der Waals surface area contributed by atoms with Crippen LogP contribution in [0, 0.1) is 0 Å². The highest BCUT2D eigenvalue weighted by atomic mass is 15.3. The van der Waals surface area contributed by atoms with Crippen molar-refractivity contribution in [1.82, 2.24) is 9.78 Å². The summed E-state index contributed by atoms with van der Waals surface area (Å²) in [5, 5.41) is 4.47. The Morgan fingerprint density at radius 1 is 1.05 bits per heavy atom. The fourth-order valence-electron chi connectivity index (χ4n) is 2.64. The molecule has 22 heavy (non-hydrogen) atoms. The van der Waals surface area contributed by atoms with Gasteiger partial charge in [-0.3, -0.25) is 0 Å². The molecule has 3 heteroatoms. The largest absolute Gasteiger partial charge is 0.330 e. The van der Waals surface area contributed by atoms with Crippen LogP contribution in [0.15, 0.2) is 67.0 Å². The summed E-state index contributed by atoms with van der Waals surface area (Å²) >= 11 is 0. The first-order valence-corrected chi connectivity index (χ1v) is 7.68. The Morgan fingerprint density at radius 2 is 1.86 bits per heavy atom. The van der Waals surface area contributed by atoms with Crippen LogP contribution in [0.5, 0.6) is 0 Å². The third-order valence-electron chi connectivity index (χ3n) is 3.99. The number of aromatic nitrogens is 2. The van der Waals surface area contributed by atoms with Crippen LogP contribution in [-0.2, 0) is 0 Å². The van der Waals surface area contributed by atoms with Crippen LogP contribution in [0.4, 0.5) is 0 Å². The van der Waals surface area contributed by atoms with Gasteiger partial charge in [-0.15, -0.1) is 0 Å². The fourth-order valence-corrected chi connectivity index (χ4v) is 2.64. The van der Waals surface area contributed by atoms with Gasteiger partial charge in [0.2, 0.25) is 0 Å². The topological polar surface area (TPSA) is 43.8 Å². The second-order valence-corrected chi connectivity index (χ2v) is 5.61. The Bertz CT molecular complexity index is 731. The minimum absolute atomic E-state index is 0.481. The van der Waals surface area contributed by atoms with Crippen LogP contribution in [0.2, 0.25) is 0 Å². The molecule has 0 saturated heterocycles. The summed E-state index contributed by atoms with van der Waals surface area (Å²) in [5.74, 6) is 0.481. The van der Waals surface area contributed by atoms with Crippen LogP contribution in [-0.4, -0.2) is 16.3 Å². The quantitative estimate of drug-likeness (QED) is 0.772. The van der Waals surface area contributed by atoms with Crippen LogP contribution < -0.4 is 5.73 Å². The molecule has 0 saturated carbocycles. The lowest BCUT2D eigenvalue weighted by Crippen LogP contribution is -2.04. The molecule has 0 fully saturated rings. The van der Waals surface area contributed by atoms with E-state index in [0.29, 0.717) is 5.92 Å². The average molecular weight is 291 g/mol. The zero-order chi connectivity index (χ0) is 15.4. The lowest BCUT2D eigenvalue weighted by atomic mass is 9.95. The molecule has 3 rings (SSSR count). The second kappa shape index (κ2) is 6.58. The third kappa shape index (κ3) is 3.10. The highest BCUT2D eigenvalue weighted by Gasteiger charge is 2.08. The van der Waals surface area contributed by atoms with E-state index in [1.807, 2.05) is 29.1 Å². The molecule has 3 nitrogen and oxygen atoms in total. The summed E-state index contributed by atoms with van der Waals surface area (Å²) in [4.78, 5) is 0. The minimum atomic E-state index is 0.481. The first-order chi connectivity index (χ1) is 10.8. The van der Waals surface area contributed by atoms with Gasteiger partial charge in [0, 0.05) is 11.8 Å². The number of hydrogen-bond donors (Lipinski definition) is 1. The average Bonchev–Trinajstić information content (AvgIpc) is 3.06. The van der Waals surface area contributed by atoms with E-state index in [1.54, 1.807) is 0 Å². The van der Waals surface area contributed by atoms with Crippen LogP contribution in [0.25, 0.3) is 16.8 Å². The third-order valence-corrected chi connectivity index (χ3v) is 3.99. The Labute approximate surface area is 131 Å². The molecule has 0 amide bonds. The molecule has 0 spiro atoms. The molecule has 2 aromatic carbocycles. The van der Waals surface area contributed by atoms with Crippen molar-refractivity contribution in [2.45, 2.75) is 19.3 Å². The van der Waals surface area contributed by atoms with Gasteiger partial charge in [-0.1, -0.05) is 49.4 Å². The molecular weight excluding hydrogens is 270 g/mol. The van der Waals surface area contributed by atoms with E-state index in [9.17, 15) is 0 Å². The molecular formula is C19H21N3. The highest BCUT2D eigenvalue weighted by Crippen LogP contribution is 2.25. The zero-order valence-electron chi connectivity index (χ0n) is 12.8.